The van der Waals surface area contributed by atoms with Gasteiger partial charge in [0, 0.05) is 45.1 Å². The quantitative estimate of drug-likeness (QED) is 0.765. The van der Waals surface area contributed by atoms with Crippen LogP contribution in [0.1, 0.15) is 26.2 Å². The van der Waals surface area contributed by atoms with E-state index in [1.807, 2.05) is 4.90 Å². The third-order valence-electron chi connectivity index (χ3n) is 3.60. The van der Waals surface area contributed by atoms with E-state index in [1.54, 1.807) is 0 Å². The van der Waals surface area contributed by atoms with Crippen molar-refractivity contribution in [1.29, 1.82) is 0 Å². The molecule has 2 amide bonds. The van der Waals surface area contributed by atoms with Crippen LogP contribution in [0.5, 0.6) is 0 Å². The molecule has 2 heterocycles. The van der Waals surface area contributed by atoms with Gasteiger partial charge in [0.2, 0.25) is 11.8 Å². The van der Waals surface area contributed by atoms with Gasteiger partial charge < -0.3 is 20.3 Å². The van der Waals surface area contributed by atoms with Gasteiger partial charge in [0.1, 0.15) is 0 Å². The molecule has 2 aliphatic heterocycles. The maximum Gasteiger partial charge on any atom is 0.224 e. The molecule has 0 aromatic carbocycles. The van der Waals surface area contributed by atoms with Gasteiger partial charge in [0.25, 0.3) is 0 Å². The minimum Gasteiger partial charge on any atom is -0.378 e. The predicted molar refractivity (Wildman–Crippen MR) is 77.9 cm³/mol. The zero-order valence-corrected chi connectivity index (χ0v) is 12.7. The summed E-state index contributed by atoms with van der Waals surface area (Å²) in [5.41, 5.74) is 0. The summed E-state index contributed by atoms with van der Waals surface area (Å²) in [5.74, 6) is 0.125. The molecule has 116 valence electrons. The molecule has 2 rings (SSSR count). The molecule has 2 N–H and O–H groups in total. The first-order valence-electron chi connectivity index (χ1n) is 7.01. The van der Waals surface area contributed by atoms with Crippen molar-refractivity contribution in [2.45, 2.75) is 38.3 Å². The zero-order valence-electron chi connectivity index (χ0n) is 11.9. The number of ether oxygens (including phenoxy) is 1. The highest BCUT2D eigenvalue weighted by atomic mass is 35.5. The predicted octanol–water partition coefficient (Wildman–Crippen LogP) is -0.0862. The maximum absolute atomic E-state index is 12.2. The van der Waals surface area contributed by atoms with Crippen LogP contribution in [-0.4, -0.2) is 61.6 Å². The molecule has 0 saturated carbocycles. The lowest BCUT2D eigenvalue weighted by molar-refractivity contribution is -0.134. The van der Waals surface area contributed by atoms with Crippen LogP contribution in [0.25, 0.3) is 0 Å². The van der Waals surface area contributed by atoms with Crippen molar-refractivity contribution in [2.75, 3.05) is 32.8 Å². The highest BCUT2D eigenvalue weighted by Gasteiger charge is 2.26. The third-order valence-corrected chi connectivity index (χ3v) is 3.60. The van der Waals surface area contributed by atoms with Crippen LogP contribution < -0.4 is 10.6 Å². The van der Waals surface area contributed by atoms with Gasteiger partial charge in [0.05, 0.1) is 13.2 Å². The van der Waals surface area contributed by atoms with Crippen molar-refractivity contribution in [2.24, 2.45) is 0 Å². The Bertz CT molecular complexity index is 335. The van der Waals surface area contributed by atoms with Crippen molar-refractivity contribution in [3.05, 3.63) is 0 Å². The van der Waals surface area contributed by atoms with Crippen molar-refractivity contribution in [3.63, 3.8) is 0 Å². The number of rotatable bonds is 3. The summed E-state index contributed by atoms with van der Waals surface area (Å²) in [6.45, 7) is 5.08. The van der Waals surface area contributed by atoms with Gasteiger partial charge in [-0.15, -0.1) is 12.4 Å². The largest absolute Gasteiger partial charge is 0.378 e. The number of nitrogens with zero attached hydrogens (tertiary/aromatic N) is 1. The number of amides is 2. The van der Waals surface area contributed by atoms with Crippen LogP contribution >= 0.6 is 12.4 Å². The number of piperidine rings is 1. The van der Waals surface area contributed by atoms with Crippen LogP contribution in [0, 0.1) is 0 Å². The van der Waals surface area contributed by atoms with Gasteiger partial charge in [-0.25, -0.2) is 0 Å². The fourth-order valence-corrected chi connectivity index (χ4v) is 2.70. The molecule has 20 heavy (non-hydrogen) atoms. The van der Waals surface area contributed by atoms with Crippen molar-refractivity contribution in [3.8, 4) is 0 Å². The number of halogens is 1. The van der Waals surface area contributed by atoms with E-state index in [0.29, 0.717) is 19.6 Å². The highest BCUT2D eigenvalue weighted by molar-refractivity contribution is 5.85. The summed E-state index contributed by atoms with van der Waals surface area (Å²) in [6, 6.07) is 0.230. The first-order valence-corrected chi connectivity index (χ1v) is 7.01. The number of likely N-dealkylation sites (tertiary alicyclic amines) is 1. The molecule has 2 fully saturated rings. The second kappa shape index (κ2) is 8.44. The molecule has 6 nitrogen and oxygen atoms in total. The minimum atomic E-state index is -0.0263. The Morgan fingerprint density at radius 1 is 1.45 bits per heavy atom. The second-order valence-corrected chi connectivity index (χ2v) is 5.31. The molecular formula is C13H24ClN3O3. The van der Waals surface area contributed by atoms with Gasteiger partial charge >= 0.3 is 0 Å². The van der Waals surface area contributed by atoms with Gasteiger partial charge in [-0.2, -0.15) is 0 Å². The first kappa shape index (κ1) is 17.2. The van der Waals surface area contributed by atoms with Crippen molar-refractivity contribution >= 4 is 24.2 Å². The van der Waals surface area contributed by atoms with Crippen LogP contribution in [-0.2, 0) is 14.3 Å². The van der Waals surface area contributed by atoms with E-state index in [0.717, 1.165) is 32.5 Å². The van der Waals surface area contributed by atoms with Crippen LogP contribution in [0.2, 0.25) is 0 Å². The van der Waals surface area contributed by atoms with Crippen molar-refractivity contribution in [1.82, 2.24) is 15.5 Å². The average molecular weight is 306 g/mol. The lowest BCUT2D eigenvalue weighted by atomic mass is 10.0. The summed E-state index contributed by atoms with van der Waals surface area (Å²) in [5, 5.41) is 6.19. The molecule has 0 bridgehead atoms. The maximum atomic E-state index is 12.2. The number of carbonyl (C=O) groups excluding carboxylic acids is 2. The minimum absolute atomic E-state index is 0. The molecule has 0 spiro atoms. The van der Waals surface area contributed by atoms with E-state index in [9.17, 15) is 9.59 Å². The Labute approximate surface area is 126 Å². The van der Waals surface area contributed by atoms with Gasteiger partial charge in [-0.3, -0.25) is 9.59 Å². The third kappa shape index (κ3) is 5.26. The van der Waals surface area contributed by atoms with E-state index in [-0.39, 0.29) is 36.3 Å². The van der Waals surface area contributed by atoms with E-state index >= 15 is 0 Å². The number of nitrogens with one attached hydrogen (secondary N) is 2. The van der Waals surface area contributed by atoms with Crippen LogP contribution in [0.4, 0.5) is 0 Å². The molecule has 0 aromatic rings. The molecule has 0 aliphatic carbocycles. The molecule has 2 saturated heterocycles. The summed E-state index contributed by atoms with van der Waals surface area (Å²) in [6.07, 6.45) is 2.38. The number of hydrogen-bond donors (Lipinski definition) is 2. The standard InChI is InChI=1S/C13H23N3O3.ClH/c1-10(17)15-11-3-2-5-16(8-11)13(18)7-12-9-19-6-4-14-12;/h11-12,14H,2-9H2,1H3,(H,15,17);1H. The number of morpholine rings is 1. The second-order valence-electron chi connectivity index (χ2n) is 5.31. The van der Waals surface area contributed by atoms with Gasteiger partial charge in [0.15, 0.2) is 0 Å². The Morgan fingerprint density at radius 2 is 2.25 bits per heavy atom. The van der Waals surface area contributed by atoms with E-state index < -0.39 is 0 Å². The van der Waals surface area contributed by atoms with Gasteiger partial charge in [-0.1, -0.05) is 0 Å². The van der Waals surface area contributed by atoms with E-state index in [1.165, 1.54) is 6.92 Å². The molecule has 2 aliphatic rings. The Balaban J connectivity index is 0.00000200. The number of carbonyl (C=O) groups is 2. The summed E-state index contributed by atoms with van der Waals surface area (Å²) < 4.78 is 5.35. The SMILES string of the molecule is CC(=O)NC1CCCN(C(=O)CC2COCCN2)C1.Cl. The van der Waals surface area contributed by atoms with Gasteiger partial charge in [-0.05, 0) is 12.8 Å². The fourth-order valence-electron chi connectivity index (χ4n) is 2.70. The Hall–Kier alpha value is -0.850. The summed E-state index contributed by atoms with van der Waals surface area (Å²) in [4.78, 5) is 25.1. The Kier molecular flexibility index (Phi) is 7.26. The molecule has 2 atom stereocenters. The monoisotopic (exact) mass is 305 g/mol. The average Bonchev–Trinajstić information content (AvgIpc) is 2.39. The van der Waals surface area contributed by atoms with E-state index in [2.05, 4.69) is 10.6 Å². The number of hydrogen-bond acceptors (Lipinski definition) is 4. The fraction of sp³-hybridized carbons (Fsp3) is 0.846. The smallest absolute Gasteiger partial charge is 0.224 e. The molecular weight excluding hydrogens is 282 g/mol. The zero-order chi connectivity index (χ0) is 13.7. The lowest BCUT2D eigenvalue weighted by Crippen LogP contribution is -2.51. The topological polar surface area (TPSA) is 70.7 Å². The molecule has 2 unspecified atom stereocenters. The molecule has 0 aromatic heterocycles. The molecule has 0 radical (unpaired) electrons. The first-order chi connectivity index (χ1) is 9.15. The molecule has 7 heteroatoms. The lowest BCUT2D eigenvalue weighted by Gasteiger charge is -2.34. The Morgan fingerprint density at radius 3 is 2.90 bits per heavy atom. The van der Waals surface area contributed by atoms with Crippen LogP contribution in [0.3, 0.4) is 0 Å². The van der Waals surface area contributed by atoms with E-state index in [4.69, 9.17) is 4.74 Å². The summed E-state index contributed by atoms with van der Waals surface area (Å²) >= 11 is 0. The van der Waals surface area contributed by atoms with Crippen LogP contribution in [0.15, 0.2) is 0 Å². The summed E-state index contributed by atoms with van der Waals surface area (Å²) in [7, 11) is 0. The van der Waals surface area contributed by atoms with Crippen molar-refractivity contribution < 1.29 is 14.3 Å². The highest BCUT2D eigenvalue weighted by Crippen LogP contribution is 2.12. The normalized spacial score (nSPS) is 26.6.